The summed E-state index contributed by atoms with van der Waals surface area (Å²) in [4.78, 5) is 24.3. The molecule has 4 fully saturated rings. The van der Waals surface area contributed by atoms with Crippen LogP contribution < -0.4 is 0 Å². The highest BCUT2D eigenvalue weighted by atomic mass is 16.7. The van der Waals surface area contributed by atoms with Crippen LogP contribution in [0.1, 0.15) is 46.0 Å². The highest BCUT2D eigenvalue weighted by Crippen LogP contribution is 2.64. The van der Waals surface area contributed by atoms with E-state index in [9.17, 15) is 19.8 Å². The lowest BCUT2D eigenvalue weighted by atomic mass is 9.49. The second-order valence-electron chi connectivity index (χ2n) is 7.79. The van der Waals surface area contributed by atoms with Gasteiger partial charge in [-0.15, -0.1) is 0 Å². The second kappa shape index (κ2) is 5.17. The third-order valence-corrected chi connectivity index (χ3v) is 5.63. The van der Waals surface area contributed by atoms with Crippen LogP contribution in [0.2, 0.25) is 0 Å². The Morgan fingerprint density at radius 1 is 0.917 bits per heavy atom. The fraction of sp³-hybridized carbons (Fsp3) is 0.667. The predicted octanol–water partition coefficient (Wildman–Crippen LogP) is 1.61. The summed E-state index contributed by atoms with van der Waals surface area (Å²) in [7, 11) is 0. The molecule has 0 spiro atoms. The van der Waals surface area contributed by atoms with Crippen LogP contribution >= 0.6 is 0 Å². The van der Waals surface area contributed by atoms with Crippen LogP contribution in [0, 0.1) is 11.8 Å². The van der Waals surface area contributed by atoms with E-state index in [0.717, 1.165) is 6.42 Å². The van der Waals surface area contributed by atoms with E-state index in [4.69, 9.17) is 9.47 Å². The Labute approximate surface area is 141 Å². The summed E-state index contributed by atoms with van der Waals surface area (Å²) in [5.74, 6) is -3.53. The Morgan fingerprint density at radius 3 is 1.83 bits per heavy atom. The van der Waals surface area contributed by atoms with Gasteiger partial charge in [-0.25, -0.2) is 9.59 Å². The molecule has 3 unspecified atom stereocenters. The normalized spacial score (nSPS) is 42.5. The van der Waals surface area contributed by atoms with Crippen LogP contribution in [0.4, 0.5) is 0 Å². The van der Waals surface area contributed by atoms with Crippen molar-refractivity contribution >= 4 is 11.9 Å². The number of carbonyl (C=O) groups excluding carboxylic acids is 2. The Hall–Kier alpha value is -1.66. The van der Waals surface area contributed by atoms with Crippen LogP contribution in [-0.4, -0.2) is 39.1 Å². The summed E-state index contributed by atoms with van der Waals surface area (Å²) in [6, 6.07) is 0. The number of aliphatic hydroxyl groups is 2. The molecule has 0 heterocycles. The molecular weight excluding hydrogens is 312 g/mol. The van der Waals surface area contributed by atoms with Gasteiger partial charge in [-0.1, -0.05) is 13.2 Å². The molecule has 0 aromatic rings. The van der Waals surface area contributed by atoms with Gasteiger partial charge >= 0.3 is 11.9 Å². The Kier molecular flexibility index (Phi) is 3.70. The molecule has 2 N–H and O–H groups in total. The molecule has 0 saturated heterocycles. The van der Waals surface area contributed by atoms with Gasteiger partial charge in [0.1, 0.15) is 5.60 Å². The largest absolute Gasteiger partial charge is 0.449 e. The van der Waals surface area contributed by atoms with Crippen molar-refractivity contribution in [1.29, 1.82) is 0 Å². The highest BCUT2D eigenvalue weighted by molar-refractivity contribution is 5.88. The zero-order valence-corrected chi connectivity index (χ0v) is 14.1. The summed E-state index contributed by atoms with van der Waals surface area (Å²) in [5, 5.41) is 22.4. The highest BCUT2D eigenvalue weighted by Gasteiger charge is 2.76. The van der Waals surface area contributed by atoms with Crippen molar-refractivity contribution in [1.82, 2.24) is 0 Å². The second-order valence-corrected chi connectivity index (χ2v) is 7.79. The summed E-state index contributed by atoms with van der Waals surface area (Å²) >= 11 is 0. The zero-order valence-electron chi connectivity index (χ0n) is 14.1. The minimum absolute atomic E-state index is 0.0993. The molecule has 0 aromatic heterocycles. The van der Waals surface area contributed by atoms with Crippen LogP contribution in [0.15, 0.2) is 24.3 Å². The zero-order chi connectivity index (χ0) is 17.9. The average molecular weight is 336 g/mol. The lowest BCUT2D eigenvalue weighted by Crippen LogP contribution is -2.79. The van der Waals surface area contributed by atoms with E-state index < -0.39 is 28.9 Å². The molecule has 4 rings (SSSR count). The number of ether oxygens (including phenoxy) is 2. The first-order valence-corrected chi connectivity index (χ1v) is 8.24. The third-order valence-electron chi connectivity index (χ3n) is 5.63. The van der Waals surface area contributed by atoms with Gasteiger partial charge in [0.25, 0.3) is 5.79 Å². The first-order chi connectivity index (χ1) is 11.0. The van der Waals surface area contributed by atoms with Crippen molar-refractivity contribution in [3.63, 3.8) is 0 Å². The molecule has 0 radical (unpaired) electrons. The van der Waals surface area contributed by atoms with E-state index in [2.05, 4.69) is 13.2 Å². The Balaban J connectivity index is 2.04. The van der Waals surface area contributed by atoms with E-state index in [1.54, 1.807) is 0 Å². The van der Waals surface area contributed by atoms with Gasteiger partial charge in [0.05, 0.1) is 0 Å². The third kappa shape index (κ3) is 2.24. The molecular formula is C18H24O6. The van der Waals surface area contributed by atoms with Crippen LogP contribution in [0.3, 0.4) is 0 Å². The minimum atomic E-state index is -2.28. The van der Waals surface area contributed by atoms with E-state index in [1.165, 1.54) is 13.8 Å². The SMILES string of the molecule is C=C(C)C(=O)OC12CC3CC(CC(O)(C3)C1(O)OC(=O)C(=C)C)C2. The quantitative estimate of drug-likeness (QED) is 0.460. The topological polar surface area (TPSA) is 93.1 Å². The summed E-state index contributed by atoms with van der Waals surface area (Å²) in [6.07, 6.45) is 2.25. The monoisotopic (exact) mass is 336 g/mol. The smallest absolute Gasteiger partial charge is 0.335 e. The van der Waals surface area contributed by atoms with Gasteiger partial charge in [0.15, 0.2) is 5.60 Å². The number of rotatable bonds is 4. The number of hydrogen-bond donors (Lipinski definition) is 2. The molecule has 0 aromatic carbocycles. The minimum Gasteiger partial charge on any atom is -0.449 e. The van der Waals surface area contributed by atoms with Gasteiger partial charge in [0, 0.05) is 11.1 Å². The molecule has 6 nitrogen and oxygen atoms in total. The van der Waals surface area contributed by atoms with Crippen molar-refractivity contribution < 1.29 is 29.3 Å². The number of hydrogen-bond acceptors (Lipinski definition) is 6. The van der Waals surface area contributed by atoms with Crippen LogP contribution in [-0.2, 0) is 19.1 Å². The Bertz CT molecular complexity index is 621. The van der Waals surface area contributed by atoms with Crippen LogP contribution in [0.5, 0.6) is 0 Å². The molecule has 0 aliphatic heterocycles. The molecule has 0 amide bonds. The molecule has 4 aliphatic rings. The lowest BCUT2D eigenvalue weighted by molar-refractivity contribution is -0.406. The van der Waals surface area contributed by atoms with Gasteiger partial charge in [0.2, 0.25) is 0 Å². The fourth-order valence-corrected chi connectivity index (χ4v) is 4.81. The lowest BCUT2D eigenvalue weighted by Gasteiger charge is -2.65. The summed E-state index contributed by atoms with van der Waals surface area (Å²) < 4.78 is 10.9. The van der Waals surface area contributed by atoms with E-state index in [1.807, 2.05) is 0 Å². The first-order valence-electron chi connectivity index (χ1n) is 8.24. The van der Waals surface area contributed by atoms with E-state index in [0.29, 0.717) is 25.7 Å². The first kappa shape index (κ1) is 17.2. The molecule has 3 atom stereocenters. The van der Waals surface area contributed by atoms with E-state index in [-0.39, 0.29) is 23.0 Å². The average Bonchev–Trinajstić information content (AvgIpc) is 2.43. The maximum absolute atomic E-state index is 12.2. The van der Waals surface area contributed by atoms with Gasteiger partial charge in [-0.05, 0) is 57.8 Å². The molecule has 132 valence electrons. The van der Waals surface area contributed by atoms with Crippen LogP contribution in [0.25, 0.3) is 0 Å². The fourth-order valence-electron chi connectivity index (χ4n) is 4.81. The molecule has 4 bridgehead atoms. The molecule has 4 saturated carbocycles. The maximum Gasteiger partial charge on any atom is 0.335 e. The molecule has 4 aliphatic carbocycles. The van der Waals surface area contributed by atoms with Crippen molar-refractivity contribution in [3.8, 4) is 0 Å². The predicted molar refractivity (Wildman–Crippen MR) is 84.5 cm³/mol. The molecule has 6 heteroatoms. The van der Waals surface area contributed by atoms with Gasteiger partial charge in [-0.2, -0.15) is 0 Å². The van der Waals surface area contributed by atoms with Crippen molar-refractivity contribution in [2.75, 3.05) is 0 Å². The van der Waals surface area contributed by atoms with Gasteiger partial charge < -0.3 is 19.7 Å². The van der Waals surface area contributed by atoms with Crippen molar-refractivity contribution in [3.05, 3.63) is 24.3 Å². The Morgan fingerprint density at radius 2 is 1.38 bits per heavy atom. The standard InChI is InChI=1S/C18H24O6/c1-10(2)14(19)23-17-8-12-5-13(9-17)7-16(21,6-12)18(17,22)24-15(20)11(3)4/h12-13,21-22H,1,3,5-9H2,2,4H3. The number of carbonyl (C=O) groups is 2. The number of esters is 2. The van der Waals surface area contributed by atoms with Crippen molar-refractivity contribution in [2.24, 2.45) is 11.8 Å². The molecule has 24 heavy (non-hydrogen) atoms. The van der Waals surface area contributed by atoms with E-state index >= 15 is 0 Å². The van der Waals surface area contributed by atoms with Gasteiger partial charge in [-0.3, -0.25) is 0 Å². The summed E-state index contributed by atoms with van der Waals surface area (Å²) in [6.45, 7) is 10.0. The van der Waals surface area contributed by atoms with Crippen molar-refractivity contribution in [2.45, 2.75) is 62.9 Å². The summed E-state index contributed by atoms with van der Waals surface area (Å²) in [5.41, 5.74) is -2.79. The maximum atomic E-state index is 12.2.